The van der Waals surface area contributed by atoms with Gasteiger partial charge >= 0.3 is 12.1 Å². The molecule has 0 amide bonds. The van der Waals surface area contributed by atoms with Gasteiger partial charge in [0.05, 0.1) is 23.1 Å². The molecule has 0 fully saturated rings. The molecular weight excluding hydrogens is 305 g/mol. The summed E-state index contributed by atoms with van der Waals surface area (Å²) >= 11 is 1.08. The Morgan fingerprint density at radius 1 is 1.24 bits per heavy atom. The van der Waals surface area contributed by atoms with Crippen molar-refractivity contribution in [2.24, 2.45) is 0 Å². The molecule has 0 radical (unpaired) electrons. The molecule has 0 unspecified atom stereocenters. The molecule has 0 aliphatic heterocycles. The third-order valence-electron chi connectivity index (χ3n) is 2.76. The SMILES string of the molecule is COC(=O)c1cc(C(F)(F)F)ccc1-c1ccc(C=O)s1. The Kier molecular flexibility index (Phi) is 4.13. The van der Waals surface area contributed by atoms with E-state index in [1.54, 1.807) is 6.07 Å². The number of rotatable bonds is 3. The van der Waals surface area contributed by atoms with Gasteiger partial charge in [0.2, 0.25) is 0 Å². The molecule has 0 aliphatic rings. The van der Waals surface area contributed by atoms with Crippen molar-refractivity contribution in [2.75, 3.05) is 7.11 Å². The van der Waals surface area contributed by atoms with Gasteiger partial charge in [-0.25, -0.2) is 4.79 Å². The Hall–Kier alpha value is -2.15. The second kappa shape index (κ2) is 5.69. The molecule has 2 rings (SSSR count). The molecule has 7 heteroatoms. The van der Waals surface area contributed by atoms with Crippen molar-refractivity contribution in [1.82, 2.24) is 0 Å². The summed E-state index contributed by atoms with van der Waals surface area (Å²) in [6, 6.07) is 5.95. The van der Waals surface area contributed by atoms with Gasteiger partial charge in [-0.1, -0.05) is 6.07 Å². The third-order valence-corrected chi connectivity index (χ3v) is 3.80. The number of halogens is 3. The van der Waals surface area contributed by atoms with Gasteiger partial charge in [-0.2, -0.15) is 13.2 Å². The van der Waals surface area contributed by atoms with Crippen molar-refractivity contribution in [3.63, 3.8) is 0 Å². The van der Waals surface area contributed by atoms with E-state index in [0.717, 1.165) is 30.6 Å². The topological polar surface area (TPSA) is 43.4 Å². The van der Waals surface area contributed by atoms with E-state index in [9.17, 15) is 22.8 Å². The number of alkyl halides is 3. The Morgan fingerprint density at radius 3 is 2.48 bits per heavy atom. The van der Waals surface area contributed by atoms with Crippen molar-refractivity contribution in [3.05, 3.63) is 46.3 Å². The van der Waals surface area contributed by atoms with Crippen LogP contribution < -0.4 is 0 Å². The largest absolute Gasteiger partial charge is 0.465 e. The van der Waals surface area contributed by atoms with Crippen LogP contribution in [-0.2, 0) is 10.9 Å². The van der Waals surface area contributed by atoms with Crippen LogP contribution in [0.5, 0.6) is 0 Å². The predicted molar refractivity (Wildman–Crippen MR) is 71.5 cm³/mol. The van der Waals surface area contributed by atoms with E-state index in [1.807, 2.05) is 0 Å². The quantitative estimate of drug-likeness (QED) is 0.634. The number of aldehydes is 1. The smallest absolute Gasteiger partial charge is 0.416 e. The van der Waals surface area contributed by atoms with Crippen LogP contribution in [0.4, 0.5) is 13.2 Å². The van der Waals surface area contributed by atoms with Crippen LogP contribution in [0.1, 0.15) is 25.6 Å². The lowest BCUT2D eigenvalue weighted by Gasteiger charge is -2.11. The number of esters is 1. The first-order valence-electron chi connectivity index (χ1n) is 5.71. The van der Waals surface area contributed by atoms with Gasteiger partial charge in [0.25, 0.3) is 0 Å². The molecule has 0 aliphatic carbocycles. The molecule has 1 aromatic heterocycles. The average Bonchev–Trinajstić information content (AvgIpc) is 2.93. The van der Waals surface area contributed by atoms with E-state index in [-0.39, 0.29) is 5.56 Å². The minimum Gasteiger partial charge on any atom is -0.465 e. The molecule has 21 heavy (non-hydrogen) atoms. The zero-order valence-corrected chi connectivity index (χ0v) is 11.5. The van der Waals surface area contributed by atoms with Crippen molar-refractivity contribution >= 4 is 23.6 Å². The van der Waals surface area contributed by atoms with Gasteiger partial charge in [-0.15, -0.1) is 11.3 Å². The van der Waals surface area contributed by atoms with Gasteiger partial charge in [0.15, 0.2) is 6.29 Å². The summed E-state index contributed by atoms with van der Waals surface area (Å²) in [5, 5.41) is 0. The fraction of sp³-hybridized carbons (Fsp3) is 0.143. The number of hydrogen-bond acceptors (Lipinski definition) is 4. The van der Waals surface area contributed by atoms with Crippen LogP contribution in [-0.4, -0.2) is 19.4 Å². The average molecular weight is 314 g/mol. The van der Waals surface area contributed by atoms with Crippen molar-refractivity contribution in [2.45, 2.75) is 6.18 Å². The second-order valence-corrected chi connectivity index (χ2v) is 5.18. The molecule has 1 heterocycles. The van der Waals surface area contributed by atoms with Crippen LogP contribution in [0.15, 0.2) is 30.3 Å². The molecule has 3 nitrogen and oxygen atoms in total. The van der Waals surface area contributed by atoms with Gasteiger partial charge < -0.3 is 4.74 Å². The first-order valence-corrected chi connectivity index (χ1v) is 6.53. The lowest BCUT2D eigenvalue weighted by Crippen LogP contribution is -2.09. The highest BCUT2D eigenvalue weighted by molar-refractivity contribution is 7.17. The minimum absolute atomic E-state index is 0.188. The molecular formula is C14H9F3O3S. The van der Waals surface area contributed by atoms with Crippen LogP contribution >= 0.6 is 11.3 Å². The summed E-state index contributed by atoms with van der Waals surface area (Å²) in [5.41, 5.74) is -0.821. The van der Waals surface area contributed by atoms with Crippen LogP contribution in [0.25, 0.3) is 10.4 Å². The van der Waals surface area contributed by atoms with Crippen molar-refractivity contribution < 1.29 is 27.5 Å². The molecule has 0 atom stereocenters. The summed E-state index contributed by atoms with van der Waals surface area (Å²) in [6.45, 7) is 0. The monoisotopic (exact) mass is 314 g/mol. The Morgan fingerprint density at radius 2 is 1.95 bits per heavy atom. The first kappa shape index (κ1) is 15.2. The number of benzene rings is 1. The van der Waals surface area contributed by atoms with E-state index < -0.39 is 17.7 Å². The highest BCUT2D eigenvalue weighted by Gasteiger charge is 2.32. The van der Waals surface area contributed by atoms with Gasteiger partial charge in [0.1, 0.15) is 0 Å². The fourth-order valence-corrected chi connectivity index (χ4v) is 2.64. The number of methoxy groups -OCH3 is 1. The molecule has 2 aromatic rings. The summed E-state index contributed by atoms with van der Waals surface area (Å²) < 4.78 is 42.7. The number of thiophene rings is 1. The van der Waals surface area contributed by atoms with Gasteiger partial charge in [0, 0.05) is 10.4 Å². The van der Waals surface area contributed by atoms with Crippen LogP contribution in [0.2, 0.25) is 0 Å². The summed E-state index contributed by atoms with van der Waals surface area (Å²) in [4.78, 5) is 23.3. The van der Waals surface area contributed by atoms with Crippen molar-refractivity contribution in [3.8, 4) is 10.4 Å². The van der Waals surface area contributed by atoms with Gasteiger partial charge in [-0.3, -0.25) is 4.79 Å². The van der Waals surface area contributed by atoms with E-state index in [2.05, 4.69) is 4.74 Å². The maximum atomic E-state index is 12.7. The van der Waals surface area contributed by atoms with Crippen LogP contribution in [0, 0.1) is 0 Å². The normalized spacial score (nSPS) is 11.2. The lowest BCUT2D eigenvalue weighted by atomic mass is 10.0. The molecule has 0 saturated heterocycles. The lowest BCUT2D eigenvalue weighted by molar-refractivity contribution is -0.137. The van der Waals surface area contributed by atoms with Crippen molar-refractivity contribution in [1.29, 1.82) is 0 Å². The summed E-state index contributed by atoms with van der Waals surface area (Å²) in [6.07, 6.45) is -3.92. The highest BCUT2D eigenvalue weighted by atomic mass is 32.1. The molecule has 0 bridgehead atoms. The minimum atomic E-state index is -4.55. The maximum absolute atomic E-state index is 12.7. The van der Waals surface area contributed by atoms with Crippen LogP contribution in [0.3, 0.4) is 0 Å². The summed E-state index contributed by atoms with van der Waals surface area (Å²) in [5.74, 6) is -0.864. The van der Waals surface area contributed by atoms with E-state index in [1.165, 1.54) is 12.1 Å². The molecule has 0 saturated carbocycles. The molecule has 1 aromatic carbocycles. The van der Waals surface area contributed by atoms with E-state index in [0.29, 0.717) is 21.6 Å². The summed E-state index contributed by atoms with van der Waals surface area (Å²) in [7, 11) is 1.09. The highest BCUT2D eigenvalue weighted by Crippen LogP contribution is 2.35. The zero-order chi connectivity index (χ0) is 15.6. The van der Waals surface area contributed by atoms with E-state index >= 15 is 0 Å². The standard InChI is InChI=1S/C14H9F3O3S/c1-20-13(19)11-6-8(14(15,16)17)2-4-10(11)12-5-3-9(7-18)21-12/h2-7H,1H3. The number of ether oxygens (including phenoxy) is 1. The Balaban J connectivity index is 2.59. The maximum Gasteiger partial charge on any atom is 0.416 e. The third kappa shape index (κ3) is 3.13. The number of carbonyl (C=O) groups excluding carboxylic acids is 2. The second-order valence-electron chi connectivity index (χ2n) is 4.07. The number of carbonyl (C=O) groups is 2. The zero-order valence-electron chi connectivity index (χ0n) is 10.7. The first-order chi connectivity index (χ1) is 9.86. The molecule has 110 valence electrons. The fourth-order valence-electron chi connectivity index (χ4n) is 1.78. The Labute approximate surface area is 122 Å². The van der Waals surface area contributed by atoms with Gasteiger partial charge in [-0.05, 0) is 24.3 Å². The molecule has 0 spiro atoms. The number of hydrogen-bond donors (Lipinski definition) is 0. The van der Waals surface area contributed by atoms with E-state index in [4.69, 9.17) is 0 Å². The Bertz CT molecular complexity index is 689. The predicted octanol–water partition coefficient (Wildman–Crippen LogP) is 4.03. The molecule has 0 N–H and O–H groups in total.